The van der Waals surface area contributed by atoms with Crippen LogP contribution in [0.5, 0.6) is 0 Å². The SMILES string of the molecule is CN=C(/C(=C\N)NC)N1CCC(N)C(O)CC1.Nc1sc(-c2c(F)cccc2F)nc1C=O. The molecule has 2 aromatic rings. The highest BCUT2D eigenvalue weighted by Crippen LogP contribution is 2.32. The number of aliphatic hydroxyl groups excluding tert-OH is 1. The van der Waals surface area contributed by atoms with Crippen molar-refractivity contribution in [3.05, 3.63) is 47.4 Å². The lowest BCUT2D eigenvalue weighted by Crippen LogP contribution is -2.37. The number of amidine groups is 1. The smallest absolute Gasteiger partial charge is 0.171 e. The molecule has 33 heavy (non-hydrogen) atoms. The lowest BCUT2D eigenvalue weighted by molar-refractivity contribution is 0.112. The van der Waals surface area contributed by atoms with Crippen LogP contribution >= 0.6 is 11.3 Å². The summed E-state index contributed by atoms with van der Waals surface area (Å²) in [6.07, 6.45) is 2.93. The maximum Gasteiger partial charge on any atom is 0.171 e. The summed E-state index contributed by atoms with van der Waals surface area (Å²) in [5.74, 6) is -0.645. The summed E-state index contributed by atoms with van der Waals surface area (Å²) in [7, 11) is 3.54. The van der Waals surface area contributed by atoms with Crippen molar-refractivity contribution in [2.45, 2.75) is 25.0 Å². The van der Waals surface area contributed by atoms with Crippen molar-refractivity contribution >= 4 is 28.5 Å². The topological polar surface area (TPSA) is 156 Å². The molecule has 0 saturated carbocycles. The number of aldehydes is 1. The molecule has 180 valence electrons. The summed E-state index contributed by atoms with van der Waals surface area (Å²) in [5.41, 5.74) is 17.4. The van der Waals surface area contributed by atoms with E-state index in [0.29, 0.717) is 12.7 Å². The van der Waals surface area contributed by atoms with Crippen LogP contribution in [-0.4, -0.2) is 66.4 Å². The average Bonchev–Trinajstić information content (AvgIpc) is 3.09. The van der Waals surface area contributed by atoms with Crippen molar-refractivity contribution in [3.63, 3.8) is 0 Å². The van der Waals surface area contributed by atoms with Gasteiger partial charge in [-0.05, 0) is 25.0 Å². The van der Waals surface area contributed by atoms with Gasteiger partial charge in [-0.3, -0.25) is 9.79 Å². The van der Waals surface area contributed by atoms with Gasteiger partial charge in [0.15, 0.2) is 6.29 Å². The summed E-state index contributed by atoms with van der Waals surface area (Å²) >= 11 is 0.876. The number of hydrogen-bond donors (Lipinski definition) is 5. The molecule has 1 aromatic heterocycles. The zero-order valence-electron chi connectivity index (χ0n) is 18.5. The monoisotopic (exact) mass is 481 g/mol. The third-order valence-corrected chi connectivity index (χ3v) is 6.00. The number of carbonyl (C=O) groups excluding carboxylic acids is 1. The summed E-state index contributed by atoms with van der Waals surface area (Å²) in [6, 6.07) is 3.34. The molecule has 1 aliphatic rings. The minimum absolute atomic E-state index is 0.00246. The Kier molecular flexibility index (Phi) is 9.70. The maximum absolute atomic E-state index is 13.4. The molecule has 9 nitrogen and oxygen atoms in total. The fourth-order valence-corrected chi connectivity index (χ4v) is 4.11. The van der Waals surface area contributed by atoms with Crippen molar-refractivity contribution in [1.29, 1.82) is 0 Å². The number of carbonyl (C=O) groups is 1. The first-order valence-electron chi connectivity index (χ1n) is 10.2. The average molecular weight is 482 g/mol. The van der Waals surface area contributed by atoms with Crippen LogP contribution in [0.4, 0.5) is 13.8 Å². The summed E-state index contributed by atoms with van der Waals surface area (Å²) in [4.78, 5) is 20.6. The molecule has 0 spiro atoms. The third-order valence-electron chi connectivity index (χ3n) is 5.08. The van der Waals surface area contributed by atoms with Crippen LogP contribution in [0, 0.1) is 11.6 Å². The van der Waals surface area contributed by atoms with Gasteiger partial charge in [0.25, 0.3) is 0 Å². The number of rotatable bonds is 4. The molecule has 2 heterocycles. The molecule has 3 rings (SSSR count). The molecule has 1 saturated heterocycles. The highest BCUT2D eigenvalue weighted by molar-refractivity contribution is 7.19. The van der Waals surface area contributed by atoms with E-state index in [9.17, 15) is 18.7 Å². The lowest BCUT2D eigenvalue weighted by atomic mass is 10.1. The van der Waals surface area contributed by atoms with E-state index in [2.05, 4.69) is 20.2 Å². The fourth-order valence-electron chi connectivity index (χ4n) is 3.26. The molecule has 1 aromatic carbocycles. The minimum Gasteiger partial charge on any atom is -0.403 e. The van der Waals surface area contributed by atoms with E-state index in [1.54, 1.807) is 7.05 Å². The number of nitrogens with zero attached hydrogens (tertiary/aromatic N) is 3. The van der Waals surface area contributed by atoms with Gasteiger partial charge < -0.3 is 32.5 Å². The van der Waals surface area contributed by atoms with Gasteiger partial charge in [-0.15, -0.1) is 0 Å². The lowest BCUT2D eigenvalue weighted by Gasteiger charge is -2.25. The van der Waals surface area contributed by atoms with Crippen LogP contribution in [0.2, 0.25) is 0 Å². The predicted octanol–water partition coefficient (Wildman–Crippen LogP) is 1.30. The molecule has 0 amide bonds. The molecule has 1 aliphatic heterocycles. The molecule has 0 aliphatic carbocycles. The Labute approximate surface area is 195 Å². The summed E-state index contributed by atoms with van der Waals surface area (Å²) in [5, 5.41) is 13.0. The number of benzene rings is 1. The van der Waals surface area contributed by atoms with Crippen molar-refractivity contribution in [3.8, 4) is 10.6 Å². The number of anilines is 1. The number of nitrogen functional groups attached to an aromatic ring is 1. The number of nitrogens with two attached hydrogens (primary N) is 3. The molecule has 2 atom stereocenters. The third kappa shape index (κ3) is 6.46. The van der Waals surface area contributed by atoms with E-state index in [-0.39, 0.29) is 27.3 Å². The number of halogens is 2. The van der Waals surface area contributed by atoms with Crippen molar-refractivity contribution in [2.75, 3.05) is 32.9 Å². The minimum atomic E-state index is -0.730. The molecule has 8 N–H and O–H groups in total. The van der Waals surface area contributed by atoms with E-state index < -0.39 is 17.7 Å². The van der Waals surface area contributed by atoms with E-state index in [0.717, 1.165) is 54.5 Å². The Bertz CT molecular complexity index is 980. The Morgan fingerprint density at radius 1 is 1.33 bits per heavy atom. The predicted molar refractivity (Wildman–Crippen MR) is 127 cm³/mol. The molecule has 12 heteroatoms. The van der Waals surface area contributed by atoms with Crippen LogP contribution in [0.25, 0.3) is 10.6 Å². The van der Waals surface area contributed by atoms with Crippen LogP contribution in [0.3, 0.4) is 0 Å². The fraction of sp³-hybridized carbons (Fsp3) is 0.381. The van der Waals surface area contributed by atoms with Gasteiger partial charge in [-0.25, -0.2) is 13.8 Å². The van der Waals surface area contributed by atoms with E-state index in [1.165, 1.54) is 12.3 Å². The van der Waals surface area contributed by atoms with Crippen LogP contribution in [0.15, 0.2) is 35.1 Å². The first-order valence-corrected chi connectivity index (χ1v) is 11.0. The summed E-state index contributed by atoms with van der Waals surface area (Å²) in [6.45, 7) is 1.52. The normalized spacial score (nSPS) is 19.4. The van der Waals surface area contributed by atoms with Gasteiger partial charge in [-0.1, -0.05) is 17.4 Å². The largest absolute Gasteiger partial charge is 0.403 e. The molecular formula is C21H29F2N7O2S. The molecular weight excluding hydrogens is 452 g/mol. The number of aliphatic hydroxyl groups is 1. The van der Waals surface area contributed by atoms with Crippen LogP contribution in [-0.2, 0) is 0 Å². The Hall–Kier alpha value is -3.09. The Balaban J connectivity index is 0.000000234. The van der Waals surface area contributed by atoms with Crippen LogP contribution < -0.4 is 22.5 Å². The van der Waals surface area contributed by atoms with Gasteiger partial charge >= 0.3 is 0 Å². The van der Waals surface area contributed by atoms with Gasteiger partial charge in [-0.2, -0.15) is 0 Å². The molecule has 0 radical (unpaired) electrons. The number of hydrogen-bond acceptors (Lipinski definition) is 9. The quantitative estimate of drug-likeness (QED) is 0.249. The van der Waals surface area contributed by atoms with Gasteiger partial charge in [0.05, 0.1) is 17.4 Å². The molecule has 0 bridgehead atoms. The highest BCUT2D eigenvalue weighted by atomic mass is 32.1. The van der Waals surface area contributed by atoms with Crippen molar-refractivity contribution < 1.29 is 18.7 Å². The zero-order chi connectivity index (χ0) is 24.5. The van der Waals surface area contributed by atoms with E-state index >= 15 is 0 Å². The van der Waals surface area contributed by atoms with Crippen molar-refractivity contribution in [1.82, 2.24) is 15.2 Å². The number of aromatic nitrogens is 1. The maximum atomic E-state index is 13.4. The van der Waals surface area contributed by atoms with Gasteiger partial charge in [0, 0.05) is 39.4 Å². The van der Waals surface area contributed by atoms with E-state index in [4.69, 9.17) is 17.2 Å². The second-order valence-electron chi connectivity index (χ2n) is 7.16. The number of likely N-dealkylation sites (tertiary alicyclic amines) is 1. The zero-order valence-corrected chi connectivity index (χ0v) is 19.3. The first-order chi connectivity index (χ1) is 15.8. The Morgan fingerprint density at radius 2 is 1.97 bits per heavy atom. The number of likely N-dealkylation sites (N-methyl/N-ethyl adjacent to an activating group) is 1. The van der Waals surface area contributed by atoms with Gasteiger partial charge in [0.2, 0.25) is 0 Å². The summed E-state index contributed by atoms with van der Waals surface area (Å²) < 4.78 is 26.8. The van der Waals surface area contributed by atoms with Gasteiger partial charge in [0.1, 0.15) is 33.2 Å². The number of nitrogens with one attached hydrogen (secondary N) is 1. The standard InChI is InChI=1S/C11H23N5O.C10H6F2N2OS/c1-14-9(7-12)11(15-2)16-5-3-8(13)10(17)4-6-16;11-5-2-1-3-6(12)8(5)10-14-7(4-15)9(13)16-10/h7-8,10,14,17H,3-6,12-13H2,1-2H3;1-4H,13H2/b9-7+,15-11?;. The molecule has 2 unspecified atom stereocenters. The Morgan fingerprint density at radius 3 is 2.48 bits per heavy atom. The molecule has 1 fully saturated rings. The van der Waals surface area contributed by atoms with Crippen LogP contribution in [0.1, 0.15) is 23.3 Å². The number of thiazole rings is 1. The second kappa shape index (κ2) is 12.2. The van der Waals surface area contributed by atoms with Crippen molar-refractivity contribution in [2.24, 2.45) is 16.5 Å². The van der Waals surface area contributed by atoms with E-state index in [1.807, 2.05) is 7.05 Å². The first kappa shape index (κ1) is 26.2. The highest BCUT2D eigenvalue weighted by Gasteiger charge is 2.24. The number of aliphatic imine (C=N–C) groups is 1. The second-order valence-corrected chi connectivity index (χ2v) is 8.19.